The van der Waals surface area contributed by atoms with E-state index in [1.54, 1.807) is 24.8 Å². The molecule has 28 heavy (non-hydrogen) atoms. The number of para-hydroxylation sites is 1. The van der Waals surface area contributed by atoms with Gasteiger partial charge < -0.3 is 14.6 Å². The highest BCUT2D eigenvalue weighted by molar-refractivity contribution is 9.10. The van der Waals surface area contributed by atoms with E-state index in [1.165, 1.54) is 11.3 Å². The van der Waals surface area contributed by atoms with E-state index in [9.17, 15) is 9.59 Å². The zero-order chi connectivity index (χ0) is 19.8. The average molecular weight is 457 g/mol. The molecule has 2 aromatic carbocycles. The molecule has 7 heteroatoms. The number of carbonyl (C=O) groups is 1. The summed E-state index contributed by atoms with van der Waals surface area (Å²) >= 11 is 4.78. The molecule has 0 bridgehead atoms. The zero-order valence-corrected chi connectivity index (χ0v) is 17.7. The number of carbonyl (C=O) groups excluding carboxylic acids is 1. The Balaban J connectivity index is 1.69. The molecule has 1 amide bonds. The van der Waals surface area contributed by atoms with E-state index in [2.05, 4.69) is 21.2 Å². The second kappa shape index (κ2) is 7.41. The van der Waals surface area contributed by atoms with Gasteiger partial charge in [0.25, 0.3) is 11.5 Å². The number of halogens is 1. The molecule has 1 N–H and O–H groups in total. The Morgan fingerprint density at radius 2 is 1.96 bits per heavy atom. The van der Waals surface area contributed by atoms with Crippen LogP contribution in [0.4, 0.5) is 0 Å². The van der Waals surface area contributed by atoms with Crippen molar-refractivity contribution in [2.75, 3.05) is 7.11 Å². The van der Waals surface area contributed by atoms with Crippen molar-refractivity contribution < 1.29 is 9.53 Å². The van der Waals surface area contributed by atoms with Crippen molar-refractivity contribution >= 4 is 54.2 Å². The molecule has 0 aliphatic heterocycles. The van der Waals surface area contributed by atoms with Crippen molar-refractivity contribution in [3.8, 4) is 5.75 Å². The summed E-state index contributed by atoms with van der Waals surface area (Å²) in [7, 11) is 3.35. The minimum atomic E-state index is -0.214. The Labute approximate surface area is 173 Å². The number of fused-ring (bicyclic) bond motifs is 3. The highest BCUT2D eigenvalue weighted by Gasteiger charge is 2.16. The van der Waals surface area contributed by atoms with Crippen LogP contribution in [0.3, 0.4) is 0 Å². The first-order valence-electron chi connectivity index (χ1n) is 8.61. The van der Waals surface area contributed by atoms with Gasteiger partial charge in [-0.1, -0.05) is 34.1 Å². The normalized spacial score (nSPS) is 11.1. The van der Waals surface area contributed by atoms with Crippen molar-refractivity contribution in [1.82, 2.24) is 9.88 Å². The molecule has 4 aromatic rings. The molecular formula is C21H17BrN2O3S. The van der Waals surface area contributed by atoms with Gasteiger partial charge in [0.15, 0.2) is 0 Å². The summed E-state index contributed by atoms with van der Waals surface area (Å²) in [6, 6.07) is 15.1. The molecule has 0 aliphatic rings. The number of benzene rings is 2. The molecule has 142 valence electrons. The number of thiophene rings is 1. The van der Waals surface area contributed by atoms with E-state index in [4.69, 9.17) is 4.74 Å². The Hall–Kier alpha value is -2.64. The predicted molar refractivity (Wildman–Crippen MR) is 116 cm³/mol. The van der Waals surface area contributed by atoms with Crippen LogP contribution in [0.15, 0.2) is 57.8 Å². The number of aromatic nitrogens is 1. The first-order chi connectivity index (χ1) is 13.5. The van der Waals surface area contributed by atoms with Gasteiger partial charge in [-0.3, -0.25) is 9.59 Å². The third-order valence-corrected chi connectivity index (χ3v) is 6.34. The van der Waals surface area contributed by atoms with Gasteiger partial charge in [-0.05, 0) is 30.3 Å². The predicted octanol–water partition coefficient (Wildman–Crippen LogP) is 4.45. The lowest BCUT2D eigenvalue weighted by Gasteiger charge is -2.09. The standard InChI is InChI=1S/C21H17BrN2O3S/c1-24-16-6-4-3-5-14(16)19-15(21(24)26)10-18(28-19)20(25)23-11-12-9-13(22)7-8-17(12)27-2/h3-10H,11H2,1-2H3,(H,23,25). The van der Waals surface area contributed by atoms with Gasteiger partial charge in [-0.15, -0.1) is 11.3 Å². The van der Waals surface area contributed by atoms with Gasteiger partial charge in [0.05, 0.1) is 22.9 Å². The van der Waals surface area contributed by atoms with Crippen LogP contribution in [0, 0.1) is 0 Å². The van der Waals surface area contributed by atoms with E-state index in [1.807, 2.05) is 42.5 Å². The summed E-state index contributed by atoms with van der Waals surface area (Å²) in [5.74, 6) is 0.495. The lowest BCUT2D eigenvalue weighted by atomic mass is 10.1. The van der Waals surface area contributed by atoms with Crippen LogP contribution in [0.1, 0.15) is 15.2 Å². The maximum Gasteiger partial charge on any atom is 0.261 e. The van der Waals surface area contributed by atoms with E-state index in [0.717, 1.165) is 25.6 Å². The lowest BCUT2D eigenvalue weighted by Crippen LogP contribution is -2.22. The number of nitrogens with zero attached hydrogens (tertiary/aromatic N) is 1. The Morgan fingerprint density at radius 3 is 2.75 bits per heavy atom. The van der Waals surface area contributed by atoms with E-state index < -0.39 is 0 Å². The topological polar surface area (TPSA) is 60.3 Å². The van der Waals surface area contributed by atoms with Crippen molar-refractivity contribution in [2.45, 2.75) is 6.54 Å². The first kappa shape index (κ1) is 18.7. The van der Waals surface area contributed by atoms with Crippen molar-refractivity contribution in [2.24, 2.45) is 7.05 Å². The summed E-state index contributed by atoms with van der Waals surface area (Å²) in [5, 5.41) is 4.46. The number of ether oxygens (including phenoxy) is 1. The summed E-state index contributed by atoms with van der Waals surface area (Å²) in [6.45, 7) is 0.328. The molecule has 4 rings (SSSR count). The third-order valence-electron chi connectivity index (χ3n) is 4.68. The number of pyridine rings is 1. The van der Waals surface area contributed by atoms with Gasteiger partial charge in [-0.2, -0.15) is 0 Å². The van der Waals surface area contributed by atoms with Gasteiger partial charge in [0.1, 0.15) is 5.75 Å². The summed E-state index contributed by atoms with van der Waals surface area (Å²) in [4.78, 5) is 25.9. The average Bonchev–Trinajstić information content (AvgIpc) is 3.16. The highest BCUT2D eigenvalue weighted by Crippen LogP contribution is 2.30. The van der Waals surface area contributed by atoms with Crippen LogP contribution < -0.4 is 15.6 Å². The van der Waals surface area contributed by atoms with Crippen LogP contribution in [-0.2, 0) is 13.6 Å². The smallest absolute Gasteiger partial charge is 0.261 e. The fourth-order valence-corrected chi connectivity index (χ4v) is 4.77. The maximum absolute atomic E-state index is 12.7. The fraction of sp³-hybridized carbons (Fsp3) is 0.143. The van der Waals surface area contributed by atoms with Crippen molar-refractivity contribution in [3.05, 3.63) is 73.8 Å². The zero-order valence-electron chi connectivity index (χ0n) is 15.3. The van der Waals surface area contributed by atoms with Crippen LogP contribution in [0.5, 0.6) is 5.75 Å². The molecule has 0 saturated carbocycles. The molecule has 0 fully saturated rings. The minimum absolute atomic E-state index is 0.0994. The van der Waals surface area contributed by atoms with Gasteiger partial charge in [-0.25, -0.2) is 0 Å². The number of rotatable bonds is 4. The Bertz CT molecular complexity index is 1280. The SMILES string of the molecule is COc1ccc(Br)cc1CNC(=O)c1cc2c(=O)n(C)c3ccccc3c2s1. The number of nitrogens with one attached hydrogen (secondary N) is 1. The Morgan fingerprint density at radius 1 is 1.18 bits per heavy atom. The van der Waals surface area contributed by atoms with Gasteiger partial charge in [0, 0.05) is 33.7 Å². The third kappa shape index (κ3) is 3.21. The molecule has 2 aromatic heterocycles. The number of hydrogen-bond acceptors (Lipinski definition) is 4. The molecule has 0 radical (unpaired) electrons. The number of aryl methyl sites for hydroxylation is 1. The van der Waals surface area contributed by atoms with Crippen LogP contribution in [0.25, 0.3) is 21.0 Å². The number of methoxy groups -OCH3 is 1. The lowest BCUT2D eigenvalue weighted by molar-refractivity contribution is 0.0955. The van der Waals surface area contributed by atoms with Crippen LogP contribution >= 0.6 is 27.3 Å². The fourth-order valence-electron chi connectivity index (χ4n) is 3.26. The molecular weight excluding hydrogens is 440 g/mol. The molecule has 0 aliphatic carbocycles. The molecule has 0 unspecified atom stereocenters. The van der Waals surface area contributed by atoms with E-state index >= 15 is 0 Å². The monoisotopic (exact) mass is 456 g/mol. The van der Waals surface area contributed by atoms with Crippen molar-refractivity contribution in [1.29, 1.82) is 0 Å². The van der Waals surface area contributed by atoms with Crippen LogP contribution in [0.2, 0.25) is 0 Å². The second-order valence-electron chi connectivity index (χ2n) is 6.37. The number of amides is 1. The highest BCUT2D eigenvalue weighted by atomic mass is 79.9. The summed E-state index contributed by atoms with van der Waals surface area (Å²) in [6.07, 6.45) is 0. The van der Waals surface area contributed by atoms with E-state index in [-0.39, 0.29) is 11.5 Å². The molecule has 5 nitrogen and oxygen atoms in total. The molecule has 2 heterocycles. The largest absolute Gasteiger partial charge is 0.496 e. The second-order valence-corrected chi connectivity index (χ2v) is 8.34. The molecule has 0 saturated heterocycles. The van der Waals surface area contributed by atoms with Crippen LogP contribution in [-0.4, -0.2) is 17.6 Å². The molecule has 0 atom stereocenters. The number of hydrogen-bond donors (Lipinski definition) is 1. The summed E-state index contributed by atoms with van der Waals surface area (Å²) in [5.41, 5.74) is 1.62. The maximum atomic E-state index is 12.7. The minimum Gasteiger partial charge on any atom is -0.496 e. The molecule has 0 spiro atoms. The Kier molecular flexibility index (Phi) is 4.95. The summed E-state index contributed by atoms with van der Waals surface area (Å²) < 4.78 is 8.72. The quantitative estimate of drug-likeness (QED) is 0.493. The first-order valence-corrected chi connectivity index (χ1v) is 10.2. The van der Waals surface area contributed by atoms with Crippen molar-refractivity contribution in [3.63, 3.8) is 0 Å². The van der Waals surface area contributed by atoms with E-state index in [0.29, 0.717) is 22.6 Å². The van der Waals surface area contributed by atoms with Gasteiger partial charge >= 0.3 is 0 Å². The van der Waals surface area contributed by atoms with Gasteiger partial charge in [0.2, 0.25) is 0 Å².